The van der Waals surface area contributed by atoms with Gasteiger partial charge in [-0.3, -0.25) is 4.57 Å². The highest BCUT2D eigenvalue weighted by Gasteiger charge is 2.22. The molecule has 0 spiro atoms. The Bertz CT molecular complexity index is 2430. The third-order valence-corrected chi connectivity index (χ3v) is 9.26. The molecule has 6 heteroatoms. The molecule has 0 saturated heterocycles. The van der Waals surface area contributed by atoms with Gasteiger partial charge in [0, 0.05) is 37.5 Å². The van der Waals surface area contributed by atoms with E-state index in [-0.39, 0.29) is 0 Å². The van der Waals surface area contributed by atoms with E-state index in [0.29, 0.717) is 17.6 Å². The van der Waals surface area contributed by atoms with Crippen LogP contribution in [-0.4, -0.2) is 24.5 Å². The number of thiophene rings is 1. The van der Waals surface area contributed by atoms with Crippen LogP contribution >= 0.6 is 11.3 Å². The van der Waals surface area contributed by atoms with Crippen LogP contribution in [0.3, 0.4) is 0 Å². The average molecular weight is 582 g/mol. The number of pyridine rings is 1. The summed E-state index contributed by atoms with van der Waals surface area (Å²) in [6.07, 6.45) is 0. The zero-order chi connectivity index (χ0) is 29.0. The van der Waals surface area contributed by atoms with Gasteiger partial charge in [-0.25, -0.2) is 9.97 Å². The van der Waals surface area contributed by atoms with Crippen molar-refractivity contribution in [1.82, 2.24) is 24.5 Å². The Morgan fingerprint density at radius 3 is 1.73 bits per heavy atom. The first-order valence-corrected chi connectivity index (χ1v) is 15.3. The Hall–Kier alpha value is -5.72. The van der Waals surface area contributed by atoms with Crippen LogP contribution in [-0.2, 0) is 0 Å². The minimum absolute atomic E-state index is 0.567. The predicted molar refractivity (Wildman–Crippen MR) is 181 cm³/mol. The first kappa shape index (κ1) is 24.8. The third kappa shape index (κ3) is 3.92. The van der Waals surface area contributed by atoms with Crippen molar-refractivity contribution in [3.05, 3.63) is 140 Å². The predicted octanol–water partition coefficient (Wildman–Crippen LogP) is 9.73. The molecule has 0 aliphatic carbocycles. The molecule has 0 atom stereocenters. The zero-order valence-corrected chi connectivity index (χ0v) is 24.2. The standard InChI is InChI=1S/C38H23N5S/c1-4-12-24(13-5-1)30-22-23-31-33(39-30)29-21-20-28-27-18-10-11-19-32(27)44-35(28)34(29)43(31)38-41-36(25-14-6-2-7-15-25)40-37(42-38)26-16-8-3-9-17-26/h1-23H. The van der Waals surface area contributed by atoms with E-state index in [0.717, 1.165) is 44.3 Å². The summed E-state index contributed by atoms with van der Waals surface area (Å²) in [5, 5.41) is 3.53. The van der Waals surface area contributed by atoms with E-state index in [2.05, 4.69) is 65.2 Å². The van der Waals surface area contributed by atoms with Gasteiger partial charge in [0.25, 0.3) is 0 Å². The summed E-state index contributed by atoms with van der Waals surface area (Å²) in [6, 6.07) is 47.8. The SMILES string of the molecule is c1ccc(-c2ccc3c(n2)c2ccc4c5ccccc5sc4c2n3-c2nc(-c3ccccc3)nc(-c3ccccc3)n2)cc1. The van der Waals surface area contributed by atoms with Crippen LogP contribution in [0.5, 0.6) is 0 Å². The van der Waals surface area contributed by atoms with Crippen molar-refractivity contribution in [2.75, 3.05) is 0 Å². The molecule has 0 N–H and O–H groups in total. The molecule has 0 saturated carbocycles. The lowest BCUT2D eigenvalue weighted by Gasteiger charge is -2.11. The molecule has 0 radical (unpaired) electrons. The quantitative estimate of drug-likeness (QED) is 0.208. The van der Waals surface area contributed by atoms with Crippen LogP contribution < -0.4 is 0 Å². The van der Waals surface area contributed by atoms with Crippen molar-refractivity contribution in [3.63, 3.8) is 0 Å². The molecule has 206 valence electrons. The minimum atomic E-state index is 0.567. The second-order valence-electron chi connectivity index (χ2n) is 10.7. The summed E-state index contributed by atoms with van der Waals surface area (Å²) >= 11 is 1.80. The molecule has 0 unspecified atom stereocenters. The maximum Gasteiger partial charge on any atom is 0.238 e. The molecular weight excluding hydrogens is 559 g/mol. The lowest BCUT2D eigenvalue weighted by Crippen LogP contribution is -2.06. The van der Waals surface area contributed by atoms with Gasteiger partial charge in [-0.05, 0) is 24.3 Å². The van der Waals surface area contributed by atoms with Crippen molar-refractivity contribution in [2.45, 2.75) is 0 Å². The Morgan fingerprint density at radius 2 is 1.05 bits per heavy atom. The fourth-order valence-corrected chi connectivity index (χ4v) is 7.25. The van der Waals surface area contributed by atoms with Gasteiger partial charge in [-0.15, -0.1) is 11.3 Å². The van der Waals surface area contributed by atoms with Gasteiger partial charge in [0.05, 0.1) is 26.9 Å². The van der Waals surface area contributed by atoms with E-state index >= 15 is 0 Å². The Balaban J connectivity index is 1.42. The number of rotatable bonds is 4. The van der Waals surface area contributed by atoms with Gasteiger partial charge in [-0.1, -0.05) is 115 Å². The first-order valence-electron chi connectivity index (χ1n) is 14.5. The second kappa shape index (κ2) is 9.93. The van der Waals surface area contributed by atoms with Gasteiger partial charge in [0.2, 0.25) is 5.95 Å². The Labute approximate surface area is 256 Å². The summed E-state index contributed by atoms with van der Waals surface area (Å²) in [5.74, 6) is 1.82. The third-order valence-electron chi connectivity index (χ3n) is 8.07. The summed E-state index contributed by atoms with van der Waals surface area (Å²) in [4.78, 5) is 20.5. The van der Waals surface area contributed by atoms with Crippen LogP contribution in [0.15, 0.2) is 140 Å². The Kier molecular flexibility index (Phi) is 5.61. The maximum atomic E-state index is 5.25. The monoisotopic (exact) mass is 581 g/mol. The molecule has 4 aromatic heterocycles. The molecule has 9 rings (SSSR count). The van der Waals surface area contributed by atoms with Crippen molar-refractivity contribution >= 4 is 53.4 Å². The van der Waals surface area contributed by atoms with E-state index in [4.69, 9.17) is 19.9 Å². The zero-order valence-electron chi connectivity index (χ0n) is 23.4. The minimum Gasteiger partial charge on any atom is -0.275 e. The van der Waals surface area contributed by atoms with Crippen LogP contribution in [0.1, 0.15) is 0 Å². The van der Waals surface area contributed by atoms with Gasteiger partial charge in [0.1, 0.15) is 0 Å². The van der Waals surface area contributed by atoms with Crippen molar-refractivity contribution in [1.29, 1.82) is 0 Å². The smallest absolute Gasteiger partial charge is 0.238 e. The van der Waals surface area contributed by atoms with Crippen LogP contribution in [0.25, 0.3) is 82.1 Å². The number of fused-ring (bicyclic) bond motifs is 7. The van der Waals surface area contributed by atoms with E-state index in [1.54, 1.807) is 11.3 Å². The topological polar surface area (TPSA) is 56.5 Å². The van der Waals surface area contributed by atoms with Crippen molar-refractivity contribution < 1.29 is 0 Å². The molecule has 9 aromatic rings. The Morgan fingerprint density at radius 1 is 0.455 bits per heavy atom. The van der Waals surface area contributed by atoms with Gasteiger partial charge < -0.3 is 0 Å². The summed E-state index contributed by atoms with van der Waals surface area (Å²) < 4.78 is 4.62. The normalized spacial score (nSPS) is 11.6. The maximum absolute atomic E-state index is 5.25. The molecule has 5 aromatic carbocycles. The fraction of sp³-hybridized carbons (Fsp3) is 0. The van der Waals surface area contributed by atoms with Gasteiger partial charge in [-0.2, -0.15) is 9.97 Å². The first-order chi connectivity index (χ1) is 21.8. The largest absolute Gasteiger partial charge is 0.275 e. The molecule has 0 aliphatic rings. The summed E-state index contributed by atoms with van der Waals surface area (Å²) in [5.41, 5.74) is 6.81. The molecule has 44 heavy (non-hydrogen) atoms. The molecular formula is C38H23N5S. The molecule has 0 amide bonds. The lowest BCUT2D eigenvalue weighted by atomic mass is 10.1. The highest BCUT2D eigenvalue weighted by Crippen LogP contribution is 2.42. The highest BCUT2D eigenvalue weighted by molar-refractivity contribution is 7.26. The number of nitrogens with zero attached hydrogens (tertiary/aromatic N) is 5. The lowest BCUT2D eigenvalue weighted by molar-refractivity contribution is 0.955. The number of aromatic nitrogens is 5. The molecule has 0 aliphatic heterocycles. The summed E-state index contributed by atoms with van der Waals surface area (Å²) in [7, 11) is 0. The molecule has 5 nitrogen and oxygen atoms in total. The average Bonchev–Trinajstić information content (AvgIpc) is 3.65. The fourth-order valence-electron chi connectivity index (χ4n) is 6.01. The van der Waals surface area contributed by atoms with Crippen LogP contribution in [0.4, 0.5) is 0 Å². The van der Waals surface area contributed by atoms with Crippen molar-refractivity contribution in [2.24, 2.45) is 0 Å². The summed E-state index contributed by atoms with van der Waals surface area (Å²) in [6.45, 7) is 0. The number of benzene rings is 5. The number of hydrogen-bond acceptors (Lipinski definition) is 5. The second-order valence-corrected chi connectivity index (χ2v) is 11.8. The van der Waals surface area contributed by atoms with Crippen LogP contribution in [0, 0.1) is 0 Å². The van der Waals surface area contributed by atoms with E-state index in [1.165, 1.54) is 20.2 Å². The van der Waals surface area contributed by atoms with E-state index in [1.807, 2.05) is 78.9 Å². The number of hydrogen-bond donors (Lipinski definition) is 0. The highest BCUT2D eigenvalue weighted by atomic mass is 32.1. The van der Waals surface area contributed by atoms with E-state index in [9.17, 15) is 0 Å². The van der Waals surface area contributed by atoms with Gasteiger partial charge >= 0.3 is 0 Å². The molecule has 4 heterocycles. The van der Waals surface area contributed by atoms with Crippen molar-refractivity contribution in [3.8, 4) is 40.0 Å². The molecule has 0 fully saturated rings. The van der Waals surface area contributed by atoms with Crippen LogP contribution in [0.2, 0.25) is 0 Å². The molecule has 0 bridgehead atoms. The van der Waals surface area contributed by atoms with Gasteiger partial charge in [0.15, 0.2) is 11.6 Å². The van der Waals surface area contributed by atoms with E-state index < -0.39 is 0 Å².